The molecule has 2 heterocycles. The summed E-state index contributed by atoms with van der Waals surface area (Å²) in [6.07, 6.45) is 0. The number of hydrogen-bond acceptors (Lipinski definition) is 4. The Bertz CT molecular complexity index is 1170. The van der Waals surface area contributed by atoms with Crippen LogP contribution in [0.1, 0.15) is 17.0 Å². The topological polar surface area (TPSA) is 82.1 Å². The van der Waals surface area contributed by atoms with E-state index in [4.69, 9.17) is 0 Å². The highest BCUT2D eigenvalue weighted by molar-refractivity contribution is 7.89. The Morgan fingerprint density at radius 2 is 1.69 bits per heavy atom. The summed E-state index contributed by atoms with van der Waals surface area (Å²) < 4.78 is 32.0. The summed E-state index contributed by atoms with van der Waals surface area (Å²) in [6.45, 7) is 4.02. The number of rotatable bonds is 4. The van der Waals surface area contributed by atoms with Crippen LogP contribution in [0.25, 0.3) is 11.0 Å². The number of aryl methyl sites for hydroxylation is 4. The first kappa shape index (κ1) is 18.4. The fourth-order valence-electron chi connectivity index (χ4n) is 3.18. The minimum atomic E-state index is -3.70. The van der Waals surface area contributed by atoms with Gasteiger partial charge in [0.05, 0.1) is 21.6 Å². The summed E-state index contributed by atoms with van der Waals surface area (Å²) in [5, 5.41) is 4.34. The average Bonchev–Trinajstić information content (AvgIpc) is 2.96. The van der Waals surface area contributed by atoms with Crippen molar-refractivity contribution >= 4 is 21.1 Å². The lowest BCUT2D eigenvalue weighted by molar-refractivity contribution is 0.465. The second-order valence-corrected chi connectivity index (χ2v) is 8.63. The molecule has 0 spiro atoms. The third-order valence-corrected chi connectivity index (χ3v) is 6.79. The van der Waals surface area contributed by atoms with Crippen LogP contribution in [0.5, 0.6) is 0 Å². The van der Waals surface area contributed by atoms with Crippen molar-refractivity contribution in [1.29, 1.82) is 0 Å². The lowest BCUT2D eigenvalue weighted by Crippen LogP contribution is -2.27. The maximum Gasteiger partial charge on any atom is 0.328 e. The van der Waals surface area contributed by atoms with Crippen molar-refractivity contribution in [2.45, 2.75) is 25.3 Å². The standard InChI is InChI=1S/C17H23N5O3S/c1-11-14(12(2)22(6)18-11)10-19(3)26(24,25)13-7-8-15-16(9-13)21(5)17(23)20(15)4/h7-9H,10H2,1-6H3. The van der Waals surface area contributed by atoms with Gasteiger partial charge in [-0.3, -0.25) is 13.8 Å². The number of imidazole rings is 1. The number of nitrogens with zero attached hydrogens (tertiary/aromatic N) is 5. The van der Waals surface area contributed by atoms with Crippen molar-refractivity contribution in [3.05, 3.63) is 45.6 Å². The van der Waals surface area contributed by atoms with Crippen LogP contribution in [0.4, 0.5) is 0 Å². The van der Waals surface area contributed by atoms with Crippen LogP contribution in [-0.2, 0) is 37.7 Å². The monoisotopic (exact) mass is 377 g/mol. The van der Waals surface area contributed by atoms with E-state index >= 15 is 0 Å². The summed E-state index contributed by atoms with van der Waals surface area (Å²) in [5.74, 6) is 0. The molecule has 0 aliphatic rings. The SMILES string of the molecule is Cc1nn(C)c(C)c1CN(C)S(=O)(=O)c1ccc2c(c1)n(C)c(=O)n2C. The molecule has 0 aliphatic carbocycles. The largest absolute Gasteiger partial charge is 0.328 e. The van der Waals surface area contributed by atoms with Gasteiger partial charge in [-0.15, -0.1) is 0 Å². The minimum absolute atomic E-state index is 0.160. The molecule has 1 aromatic carbocycles. The van der Waals surface area contributed by atoms with Gasteiger partial charge in [-0.25, -0.2) is 13.2 Å². The maximum absolute atomic E-state index is 13.0. The van der Waals surface area contributed by atoms with Crippen LogP contribution in [0.2, 0.25) is 0 Å². The van der Waals surface area contributed by atoms with Gasteiger partial charge < -0.3 is 0 Å². The maximum atomic E-state index is 13.0. The fraction of sp³-hybridized carbons (Fsp3) is 0.412. The van der Waals surface area contributed by atoms with E-state index in [0.717, 1.165) is 17.0 Å². The molecule has 0 aliphatic heterocycles. The lowest BCUT2D eigenvalue weighted by Gasteiger charge is -2.18. The Morgan fingerprint density at radius 1 is 1.08 bits per heavy atom. The van der Waals surface area contributed by atoms with E-state index in [1.807, 2.05) is 20.9 Å². The molecule has 0 unspecified atom stereocenters. The van der Waals surface area contributed by atoms with Gasteiger partial charge in [0.1, 0.15) is 0 Å². The Balaban J connectivity index is 2.03. The predicted octanol–water partition coefficient (Wildman–Crippen LogP) is 1.05. The zero-order valence-corrected chi connectivity index (χ0v) is 16.6. The van der Waals surface area contributed by atoms with Gasteiger partial charge >= 0.3 is 5.69 Å². The van der Waals surface area contributed by atoms with Crippen molar-refractivity contribution in [3.8, 4) is 0 Å². The highest BCUT2D eigenvalue weighted by atomic mass is 32.2. The highest BCUT2D eigenvalue weighted by Crippen LogP contribution is 2.23. The molecule has 0 bridgehead atoms. The second-order valence-electron chi connectivity index (χ2n) is 6.59. The molecule has 0 saturated carbocycles. The minimum Gasteiger partial charge on any atom is -0.295 e. The first-order valence-electron chi connectivity index (χ1n) is 8.16. The second kappa shape index (κ2) is 6.10. The number of aromatic nitrogens is 4. The Labute approximate surface area is 152 Å². The van der Waals surface area contributed by atoms with Gasteiger partial charge in [0.2, 0.25) is 10.0 Å². The third-order valence-electron chi connectivity index (χ3n) is 4.99. The molecule has 2 aromatic heterocycles. The van der Waals surface area contributed by atoms with Crippen molar-refractivity contribution in [2.24, 2.45) is 21.1 Å². The van der Waals surface area contributed by atoms with Crippen LogP contribution in [0, 0.1) is 13.8 Å². The molecule has 0 atom stereocenters. The Hall–Kier alpha value is -2.39. The summed E-state index contributed by atoms with van der Waals surface area (Å²) in [7, 11) is 2.98. The van der Waals surface area contributed by atoms with Crippen molar-refractivity contribution < 1.29 is 8.42 Å². The summed E-state index contributed by atoms with van der Waals surface area (Å²) in [5.41, 5.74) is 3.73. The normalized spacial score (nSPS) is 12.4. The molecule has 0 N–H and O–H groups in total. The van der Waals surface area contributed by atoms with Crippen molar-refractivity contribution in [3.63, 3.8) is 0 Å². The molecule has 26 heavy (non-hydrogen) atoms. The van der Waals surface area contributed by atoms with Crippen molar-refractivity contribution in [1.82, 2.24) is 23.2 Å². The number of fused-ring (bicyclic) bond motifs is 1. The molecular weight excluding hydrogens is 354 g/mol. The molecule has 3 rings (SSSR count). The van der Waals surface area contributed by atoms with E-state index in [2.05, 4.69) is 5.10 Å². The molecular formula is C17H23N5O3S. The van der Waals surface area contributed by atoms with E-state index in [0.29, 0.717) is 11.0 Å². The molecule has 140 valence electrons. The van der Waals surface area contributed by atoms with Crippen LogP contribution >= 0.6 is 0 Å². The average molecular weight is 377 g/mol. The molecule has 0 radical (unpaired) electrons. The van der Waals surface area contributed by atoms with Crippen molar-refractivity contribution in [2.75, 3.05) is 7.05 Å². The van der Waals surface area contributed by atoms with Crippen LogP contribution in [-0.4, -0.2) is 38.7 Å². The van der Waals surface area contributed by atoms with Gasteiger partial charge in [0, 0.05) is 46.0 Å². The number of sulfonamides is 1. The fourth-order valence-corrected chi connectivity index (χ4v) is 4.34. The predicted molar refractivity (Wildman–Crippen MR) is 99.5 cm³/mol. The first-order valence-corrected chi connectivity index (χ1v) is 9.60. The summed E-state index contributed by atoms with van der Waals surface area (Å²) >= 11 is 0. The lowest BCUT2D eigenvalue weighted by atomic mass is 10.2. The van der Waals surface area contributed by atoms with Gasteiger partial charge in [0.25, 0.3) is 0 Å². The smallest absolute Gasteiger partial charge is 0.295 e. The highest BCUT2D eigenvalue weighted by Gasteiger charge is 2.24. The Kier molecular flexibility index (Phi) is 4.32. The zero-order chi connectivity index (χ0) is 19.4. The molecule has 0 fully saturated rings. The molecule has 3 aromatic rings. The van der Waals surface area contributed by atoms with E-state index in [-0.39, 0.29) is 17.1 Å². The summed E-state index contributed by atoms with van der Waals surface area (Å²) in [4.78, 5) is 12.2. The quantitative estimate of drug-likeness (QED) is 0.680. The number of benzene rings is 1. The van der Waals surface area contributed by atoms with E-state index in [1.165, 1.54) is 19.5 Å². The molecule has 9 heteroatoms. The van der Waals surface area contributed by atoms with E-state index < -0.39 is 10.0 Å². The molecule has 0 amide bonds. The van der Waals surface area contributed by atoms with Crippen LogP contribution < -0.4 is 5.69 Å². The third kappa shape index (κ3) is 2.67. The van der Waals surface area contributed by atoms with E-state index in [9.17, 15) is 13.2 Å². The van der Waals surface area contributed by atoms with Crippen LogP contribution in [0.15, 0.2) is 27.9 Å². The first-order chi connectivity index (χ1) is 12.1. The molecule has 8 nitrogen and oxygen atoms in total. The molecule has 0 saturated heterocycles. The van der Waals surface area contributed by atoms with Gasteiger partial charge in [-0.1, -0.05) is 0 Å². The zero-order valence-electron chi connectivity index (χ0n) is 15.8. The van der Waals surface area contributed by atoms with E-state index in [1.54, 1.807) is 38.0 Å². The summed E-state index contributed by atoms with van der Waals surface area (Å²) in [6, 6.07) is 4.75. The van der Waals surface area contributed by atoms with Crippen LogP contribution in [0.3, 0.4) is 0 Å². The van der Waals surface area contributed by atoms with Gasteiger partial charge in [-0.05, 0) is 32.0 Å². The van der Waals surface area contributed by atoms with Gasteiger partial charge in [-0.2, -0.15) is 9.40 Å². The Morgan fingerprint density at radius 3 is 2.27 bits per heavy atom. The van der Waals surface area contributed by atoms with Gasteiger partial charge in [0.15, 0.2) is 0 Å². The number of hydrogen-bond donors (Lipinski definition) is 0.